The molecule has 0 radical (unpaired) electrons. The summed E-state index contributed by atoms with van der Waals surface area (Å²) in [5, 5.41) is 2.23. The number of rotatable bonds is 10. The Morgan fingerprint density at radius 1 is 0.810 bits per heavy atom. The lowest BCUT2D eigenvalue weighted by molar-refractivity contribution is 0.414. The first-order valence-corrected chi connectivity index (χ1v) is 16.0. The number of fused-ring (bicyclic) bond motifs is 1. The molecule has 0 aliphatic carbocycles. The minimum absolute atomic E-state index is 0.132. The Hall–Kier alpha value is -4.22. The summed E-state index contributed by atoms with van der Waals surface area (Å²) in [5.74, 6) is 4.77. The third-order valence-corrected chi connectivity index (χ3v) is 9.37. The highest BCUT2D eigenvalue weighted by Crippen LogP contribution is 2.24. The van der Waals surface area contributed by atoms with Crippen LogP contribution in [0, 0.1) is 18.9 Å². The Morgan fingerprint density at radius 2 is 1.50 bits per heavy atom. The molecule has 0 aromatic heterocycles. The predicted octanol–water partition coefficient (Wildman–Crippen LogP) is 7.49. The van der Waals surface area contributed by atoms with E-state index in [1.54, 1.807) is 31.4 Å². The molecule has 0 bridgehead atoms. The van der Waals surface area contributed by atoms with Crippen molar-refractivity contribution in [1.82, 2.24) is 9.03 Å². The molecule has 1 unspecified atom stereocenters. The molecular weight excluding hydrogens is 561 g/mol. The number of nitrogens with zero attached hydrogens (tertiary/aromatic N) is 1. The maximum absolute atomic E-state index is 13.8. The van der Waals surface area contributed by atoms with Crippen molar-refractivity contribution in [2.75, 3.05) is 7.11 Å². The summed E-state index contributed by atoms with van der Waals surface area (Å²) >= 11 is 1.53. The topological polar surface area (TPSA) is 58.6 Å². The number of benzene rings is 5. The summed E-state index contributed by atoms with van der Waals surface area (Å²) in [6, 6.07) is 41.3. The van der Waals surface area contributed by atoms with Gasteiger partial charge in [-0.1, -0.05) is 114 Å². The van der Waals surface area contributed by atoms with E-state index in [1.807, 2.05) is 79.7 Å². The van der Waals surface area contributed by atoms with E-state index in [2.05, 4.69) is 41.0 Å². The summed E-state index contributed by atoms with van der Waals surface area (Å²) in [6.07, 6.45) is 0. The first-order valence-electron chi connectivity index (χ1n) is 13.6. The zero-order chi connectivity index (χ0) is 29.4. The highest BCUT2D eigenvalue weighted by atomic mass is 32.2. The fourth-order valence-electron chi connectivity index (χ4n) is 4.41. The lowest BCUT2D eigenvalue weighted by atomic mass is 10.0. The van der Waals surface area contributed by atoms with E-state index >= 15 is 0 Å². The first kappa shape index (κ1) is 29.3. The Balaban J connectivity index is 1.48. The van der Waals surface area contributed by atoms with E-state index in [9.17, 15) is 8.42 Å². The third-order valence-electron chi connectivity index (χ3n) is 6.82. The minimum Gasteiger partial charge on any atom is -0.497 e. The van der Waals surface area contributed by atoms with Gasteiger partial charge in [0.05, 0.1) is 18.6 Å². The summed E-state index contributed by atoms with van der Waals surface area (Å²) in [6.45, 7) is 2.06. The molecule has 0 saturated heterocycles. The monoisotopic (exact) mass is 592 g/mol. The van der Waals surface area contributed by atoms with Crippen LogP contribution in [0.15, 0.2) is 126 Å². The number of hydrogen-bond acceptors (Lipinski definition) is 5. The molecule has 0 saturated carbocycles. The van der Waals surface area contributed by atoms with Gasteiger partial charge in [-0.05, 0) is 64.7 Å². The molecule has 212 valence electrons. The lowest BCUT2D eigenvalue weighted by Crippen LogP contribution is -2.27. The van der Waals surface area contributed by atoms with Gasteiger partial charge in [-0.2, -0.15) is 0 Å². The average molecular weight is 593 g/mol. The van der Waals surface area contributed by atoms with Crippen LogP contribution in [0.4, 0.5) is 0 Å². The predicted molar refractivity (Wildman–Crippen MR) is 172 cm³/mol. The van der Waals surface area contributed by atoms with Crippen LogP contribution in [-0.2, 0) is 22.3 Å². The third kappa shape index (κ3) is 7.34. The van der Waals surface area contributed by atoms with E-state index in [-0.39, 0.29) is 11.4 Å². The summed E-state index contributed by atoms with van der Waals surface area (Å²) in [7, 11) is -2.23. The highest BCUT2D eigenvalue weighted by molar-refractivity contribution is 7.96. The zero-order valence-corrected chi connectivity index (χ0v) is 25.2. The molecule has 42 heavy (non-hydrogen) atoms. The van der Waals surface area contributed by atoms with Crippen LogP contribution in [-0.4, -0.2) is 19.8 Å². The molecule has 5 aromatic rings. The van der Waals surface area contributed by atoms with Crippen LogP contribution in [0.2, 0.25) is 0 Å². The average Bonchev–Trinajstić information content (AvgIpc) is 3.02. The molecule has 0 amide bonds. The van der Waals surface area contributed by atoms with Crippen LogP contribution in [0.5, 0.6) is 5.75 Å². The standard InChI is InChI=1S/C35H32N2O3S2/c1-27-12-20-34(21-13-27)42(38,39)37(25-28-8-4-3-5-9-28)23-22-35(32-17-16-30-10-6-7-11-31(30)24-32)36-41-26-29-14-18-33(40-2)19-15-29/h3-21,24,35-36H,25-26H2,1-2H3. The Labute approximate surface area is 252 Å². The number of hydrogen-bond donors (Lipinski definition) is 1. The van der Waals surface area contributed by atoms with Crippen molar-refractivity contribution < 1.29 is 13.2 Å². The second kappa shape index (κ2) is 13.6. The van der Waals surface area contributed by atoms with Crippen molar-refractivity contribution in [1.29, 1.82) is 0 Å². The van der Waals surface area contributed by atoms with Gasteiger partial charge in [0.15, 0.2) is 0 Å². The number of aryl methyl sites for hydroxylation is 1. The van der Waals surface area contributed by atoms with Gasteiger partial charge in [-0.3, -0.25) is 0 Å². The smallest absolute Gasteiger partial charge is 0.271 e. The summed E-state index contributed by atoms with van der Waals surface area (Å²) < 4.78 is 37.6. The number of sulfonamides is 1. The van der Waals surface area contributed by atoms with Crippen LogP contribution >= 0.6 is 11.9 Å². The van der Waals surface area contributed by atoms with E-state index in [4.69, 9.17) is 4.74 Å². The fourth-order valence-corrected chi connectivity index (χ4v) is 6.44. The van der Waals surface area contributed by atoms with Crippen LogP contribution in [0.1, 0.15) is 28.3 Å². The van der Waals surface area contributed by atoms with Crippen LogP contribution < -0.4 is 9.46 Å². The van der Waals surface area contributed by atoms with E-state index in [1.165, 1.54) is 16.3 Å². The van der Waals surface area contributed by atoms with Gasteiger partial charge in [-0.25, -0.2) is 17.4 Å². The molecule has 0 fully saturated rings. The van der Waals surface area contributed by atoms with Gasteiger partial charge in [0.25, 0.3) is 10.0 Å². The van der Waals surface area contributed by atoms with Gasteiger partial charge < -0.3 is 4.74 Å². The quantitative estimate of drug-likeness (QED) is 0.103. The molecule has 5 aromatic carbocycles. The van der Waals surface area contributed by atoms with Crippen molar-refractivity contribution >= 4 is 32.7 Å². The van der Waals surface area contributed by atoms with Gasteiger partial charge in [0, 0.05) is 11.8 Å². The molecular formula is C35H32N2O3S2. The first-order chi connectivity index (χ1) is 20.4. The van der Waals surface area contributed by atoms with Gasteiger partial charge in [-0.15, -0.1) is 0 Å². The van der Waals surface area contributed by atoms with E-state index in [0.717, 1.165) is 38.8 Å². The van der Waals surface area contributed by atoms with Crippen molar-refractivity contribution in [3.63, 3.8) is 0 Å². The molecule has 0 spiro atoms. The Morgan fingerprint density at radius 3 is 2.21 bits per heavy atom. The lowest BCUT2D eigenvalue weighted by Gasteiger charge is -2.19. The van der Waals surface area contributed by atoms with Crippen molar-refractivity contribution in [3.8, 4) is 17.7 Å². The van der Waals surface area contributed by atoms with Crippen molar-refractivity contribution in [2.45, 2.75) is 30.2 Å². The molecule has 0 aliphatic rings. The number of nitrogens with one attached hydrogen (secondary N) is 1. The van der Waals surface area contributed by atoms with Crippen molar-refractivity contribution in [3.05, 3.63) is 144 Å². The SMILES string of the molecule is COc1ccc(CSNC(C#CN(Cc2ccccc2)S(=O)(=O)c2ccc(C)cc2)c2ccc3ccccc3c2)cc1. The van der Waals surface area contributed by atoms with Crippen LogP contribution in [0.25, 0.3) is 10.8 Å². The maximum Gasteiger partial charge on any atom is 0.271 e. The zero-order valence-electron chi connectivity index (χ0n) is 23.5. The van der Waals surface area contributed by atoms with E-state index in [0.29, 0.717) is 5.75 Å². The number of methoxy groups -OCH3 is 1. The van der Waals surface area contributed by atoms with Crippen molar-refractivity contribution in [2.24, 2.45) is 0 Å². The highest BCUT2D eigenvalue weighted by Gasteiger charge is 2.23. The molecule has 5 rings (SSSR count). The van der Waals surface area contributed by atoms with E-state index < -0.39 is 16.1 Å². The fraction of sp³-hybridized carbons (Fsp3) is 0.143. The maximum atomic E-state index is 13.8. The molecule has 0 heterocycles. The molecule has 5 nitrogen and oxygen atoms in total. The summed E-state index contributed by atoms with van der Waals surface area (Å²) in [4.78, 5) is 0.211. The molecule has 0 aliphatic heterocycles. The second-order valence-electron chi connectivity index (χ2n) is 9.86. The second-order valence-corrected chi connectivity index (χ2v) is 12.5. The summed E-state index contributed by atoms with van der Waals surface area (Å²) in [5.41, 5.74) is 3.93. The molecule has 1 N–H and O–H groups in total. The van der Waals surface area contributed by atoms with Gasteiger partial charge >= 0.3 is 0 Å². The normalized spacial score (nSPS) is 11.9. The Kier molecular flexibility index (Phi) is 9.50. The number of ether oxygens (including phenoxy) is 1. The molecule has 1 atom stereocenters. The van der Waals surface area contributed by atoms with Crippen LogP contribution in [0.3, 0.4) is 0 Å². The van der Waals surface area contributed by atoms with Gasteiger partial charge in [0.2, 0.25) is 0 Å². The minimum atomic E-state index is -3.89. The largest absolute Gasteiger partial charge is 0.497 e. The molecule has 7 heteroatoms. The Bertz CT molecular complexity index is 1800. The van der Waals surface area contributed by atoms with Gasteiger partial charge in [0.1, 0.15) is 11.8 Å².